The summed E-state index contributed by atoms with van der Waals surface area (Å²) in [5, 5.41) is 8.16. The van der Waals surface area contributed by atoms with Crippen molar-refractivity contribution in [2.75, 3.05) is 0 Å². The molecule has 0 radical (unpaired) electrons. The maximum Gasteiger partial charge on any atom is 0.481 e. The molecule has 1 aliphatic rings. The van der Waals surface area contributed by atoms with E-state index in [-0.39, 0.29) is 18.8 Å². The molecular formula is C5H6BF3N-. The van der Waals surface area contributed by atoms with Crippen molar-refractivity contribution >= 4 is 6.98 Å². The van der Waals surface area contributed by atoms with Crippen LogP contribution in [0.3, 0.4) is 0 Å². The van der Waals surface area contributed by atoms with Crippen molar-refractivity contribution in [3.05, 3.63) is 0 Å². The molecule has 0 heterocycles. The maximum absolute atomic E-state index is 11.8. The first-order valence-electron chi connectivity index (χ1n) is 3.13. The lowest BCUT2D eigenvalue weighted by Crippen LogP contribution is -2.34. The van der Waals surface area contributed by atoms with Crippen molar-refractivity contribution < 1.29 is 12.9 Å². The van der Waals surface area contributed by atoms with Crippen LogP contribution in [0.1, 0.15) is 12.8 Å². The van der Waals surface area contributed by atoms with Gasteiger partial charge in [0.2, 0.25) is 0 Å². The van der Waals surface area contributed by atoms with Crippen molar-refractivity contribution in [2.45, 2.75) is 18.7 Å². The Balaban J connectivity index is 2.35. The number of nitriles is 1. The Morgan fingerprint density at radius 1 is 1.30 bits per heavy atom. The van der Waals surface area contributed by atoms with Gasteiger partial charge in [-0.25, -0.2) is 0 Å². The molecule has 1 nitrogen and oxygen atoms in total. The highest BCUT2D eigenvalue weighted by molar-refractivity contribution is 6.60. The summed E-state index contributed by atoms with van der Waals surface area (Å²) in [4.78, 5) is 0. The number of nitrogens with zero attached hydrogens (tertiary/aromatic N) is 1. The molecule has 0 aromatic carbocycles. The van der Waals surface area contributed by atoms with Gasteiger partial charge in [-0.05, 0) is 0 Å². The van der Waals surface area contributed by atoms with Gasteiger partial charge in [0.05, 0.1) is 6.07 Å². The minimum atomic E-state index is -4.66. The van der Waals surface area contributed by atoms with Crippen LogP contribution in [0.15, 0.2) is 0 Å². The third-order valence-corrected chi connectivity index (χ3v) is 1.89. The van der Waals surface area contributed by atoms with E-state index in [0.29, 0.717) is 0 Å². The number of hydrogen-bond acceptors (Lipinski definition) is 1. The van der Waals surface area contributed by atoms with Crippen molar-refractivity contribution in [3.63, 3.8) is 0 Å². The van der Waals surface area contributed by atoms with E-state index in [2.05, 4.69) is 0 Å². The highest BCUT2D eigenvalue weighted by Gasteiger charge is 2.43. The summed E-state index contributed by atoms with van der Waals surface area (Å²) < 4.78 is 35.3. The Morgan fingerprint density at radius 2 is 1.80 bits per heavy atom. The molecule has 0 amide bonds. The highest BCUT2D eigenvalue weighted by Crippen LogP contribution is 2.46. The van der Waals surface area contributed by atoms with Crippen LogP contribution in [-0.4, -0.2) is 6.98 Å². The van der Waals surface area contributed by atoms with E-state index >= 15 is 0 Å². The standard InChI is InChI=1S/C5H6BF3N/c7-6(8,9)5-1-4(2-5)3-10/h4-5H,1-2H2/q-1. The molecular weight excluding hydrogens is 142 g/mol. The molecule has 5 heteroatoms. The molecule has 0 bridgehead atoms. The molecule has 1 fully saturated rings. The van der Waals surface area contributed by atoms with Crippen LogP contribution < -0.4 is 0 Å². The second kappa shape index (κ2) is 2.19. The minimum absolute atomic E-state index is 0.0278. The van der Waals surface area contributed by atoms with Gasteiger partial charge >= 0.3 is 6.98 Å². The van der Waals surface area contributed by atoms with Crippen molar-refractivity contribution in [1.82, 2.24) is 0 Å². The van der Waals surface area contributed by atoms with Gasteiger partial charge in [-0.15, -0.1) is 0 Å². The molecule has 0 aromatic heterocycles. The van der Waals surface area contributed by atoms with Gasteiger partial charge in [-0.1, -0.05) is 18.7 Å². The fraction of sp³-hybridized carbons (Fsp3) is 0.800. The summed E-state index contributed by atoms with van der Waals surface area (Å²) in [5.74, 6) is -1.49. The van der Waals surface area contributed by atoms with Gasteiger partial charge in [0.25, 0.3) is 0 Å². The van der Waals surface area contributed by atoms with Crippen LogP contribution in [0, 0.1) is 17.2 Å². The predicted octanol–water partition coefficient (Wildman–Crippen LogP) is 2.14. The first kappa shape index (κ1) is 7.45. The van der Waals surface area contributed by atoms with Crippen LogP contribution in [0.2, 0.25) is 5.82 Å². The van der Waals surface area contributed by atoms with E-state index in [1.54, 1.807) is 0 Å². The van der Waals surface area contributed by atoms with Gasteiger partial charge < -0.3 is 12.9 Å². The summed E-state index contributed by atoms with van der Waals surface area (Å²) in [6.07, 6.45) is 0.0556. The van der Waals surface area contributed by atoms with Gasteiger partial charge in [0.15, 0.2) is 0 Å². The summed E-state index contributed by atoms with van der Waals surface area (Å²) in [6, 6.07) is 1.81. The average molecular weight is 148 g/mol. The van der Waals surface area contributed by atoms with Crippen molar-refractivity contribution in [2.24, 2.45) is 5.92 Å². The van der Waals surface area contributed by atoms with E-state index in [4.69, 9.17) is 5.26 Å². The molecule has 0 atom stereocenters. The smallest absolute Gasteiger partial charge is 0.449 e. The molecule has 0 unspecified atom stereocenters. The largest absolute Gasteiger partial charge is 0.481 e. The Bertz CT molecular complexity index is 165. The van der Waals surface area contributed by atoms with E-state index in [9.17, 15) is 12.9 Å². The lowest BCUT2D eigenvalue weighted by Gasteiger charge is -2.37. The fourth-order valence-electron chi connectivity index (χ4n) is 1.08. The quantitative estimate of drug-likeness (QED) is 0.522. The number of hydrogen-bond donors (Lipinski definition) is 0. The van der Waals surface area contributed by atoms with E-state index in [1.807, 2.05) is 6.07 Å². The molecule has 0 spiro atoms. The van der Waals surface area contributed by atoms with Gasteiger partial charge in [0.1, 0.15) is 0 Å². The summed E-state index contributed by atoms with van der Waals surface area (Å²) >= 11 is 0. The highest BCUT2D eigenvalue weighted by atomic mass is 19.4. The van der Waals surface area contributed by atoms with Crippen LogP contribution >= 0.6 is 0 Å². The Labute approximate surface area is 56.9 Å². The van der Waals surface area contributed by atoms with E-state index < -0.39 is 12.8 Å². The van der Waals surface area contributed by atoms with Crippen LogP contribution in [0.4, 0.5) is 12.9 Å². The normalized spacial score (nSPS) is 32.6. The van der Waals surface area contributed by atoms with Crippen LogP contribution in [0.5, 0.6) is 0 Å². The fourth-order valence-corrected chi connectivity index (χ4v) is 1.08. The first-order valence-corrected chi connectivity index (χ1v) is 3.13. The molecule has 1 aliphatic carbocycles. The summed E-state index contributed by atoms with van der Waals surface area (Å²) in [7, 11) is 0. The van der Waals surface area contributed by atoms with Crippen LogP contribution in [-0.2, 0) is 0 Å². The topological polar surface area (TPSA) is 23.8 Å². The zero-order chi connectivity index (χ0) is 7.78. The monoisotopic (exact) mass is 148 g/mol. The maximum atomic E-state index is 11.8. The molecule has 0 aliphatic heterocycles. The molecule has 1 rings (SSSR count). The molecule has 0 aromatic rings. The zero-order valence-electron chi connectivity index (χ0n) is 5.23. The third kappa shape index (κ3) is 1.26. The van der Waals surface area contributed by atoms with Crippen LogP contribution in [0.25, 0.3) is 0 Å². The van der Waals surface area contributed by atoms with Gasteiger partial charge in [0, 0.05) is 5.92 Å². The average Bonchev–Trinajstić information content (AvgIpc) is 1.57. The van der Waals surface area contributed by atoms with Gasteiger partial charge in [-0.3, -0.25) is 0 Å². The lowest BCUT2D eigenvalue weighted by atomic mass is 9.57. The molecule has 56 valence electrons. The Hall–Kier alpha value is -0.655. The second-order valence-corrected chi connectivity index (χ2v) is 2.68. The summed E-state index contributed by atoms with van der Waals surface area (Å²) in [5.41, 5.74) is 0. The lowest BCUT2D eigenvalue weighted by molar-refractivity contribution is 0.305. The first-order chi connectivity index (χ1) is 4.54. The molecule has 1 saturated carbocycles. The van der Waals surface area contributed by atoms with Crippen molar-refractivity contribution in [3.8, 4) is 6.07 Å². The second-order valence-electron chi connectivity index (χ2n) is 2.68. The van der Waals surface area contributed by atoms with Gasteiger partial charge in [-0.2, -0.15) is 5.26 Å². The minimum Gasteiger partial charge on any atom is -0.449 e. The Morgan fingerprint density at radius 3 is 2.10 bits per heavy atom. The van der Waals surface area contributed by atoms with E-state index in [0.717, 1.165) is 0 Å². The predicted molar refractivity (Wildman–Crippen MR) is 31.2 cm³/mol. The summed E-state index contributed by atoms with van der Waals surface area (Å²) in [6.45, 7) is -4.66. The zero-order valence-corrected chi connectivity index (χ0v) is 5.23. The Kier molecular flexibility index (Phi) is 1.63. The van der Waals surface area contributed by atoms with E-state index in [1.165, 1.54) is 0 Å². The number of halogens is 3. The third-order valence-electron chi connectivity index (χ3n) is 1.89. The molecule has 0 N–H and O–H groups in total. The van der Waals surface area contributed by atoms with Crippen molar-refractivity contribution in [1.29, 1.82) is 5.26 Å². The number of rotatable bonds is 1. The molecule has 10 heavy (non-hydrogen) atoms. The molecule has 0 saturated heterocycles. The SMILES string of the molecule is N#CC1CC([B-](F)(F)F)C1.